The van der Waals surface area contributed by atoms with Gasteiger partial charge in [0.15, 0.2) is 17.5 Å². The Labute approximate surface area is 390 Å². The second kappa shape index (κ2) is 16.2. The van der Waals surface area contributed by atoms with E-state index >= 15 is 0 Å². The van der Waals surface area contributed by atoms with Crippen LogP contribution in [0.15, 0.2) is 206 Å². The third kappa shape index (κ3) is 6.63. The first-order valence-corrected chi connectivity index (χ1v) is 22.1. The molecule has 0 spiro atoms. The topological polar surface area (TPSA) is 120 Å². The first kappa shape index (κ1) is 39.6. The SMILES string of the molecule is N#Cc1cccc(-c2ccc3c(c2)c2ccccc2n3-c2cc(-c3nc(-c4ccccc4)nc(-c4ccccc4)n3)cc(-n3c4ccccc4c4cc(-c5cccc(C#N)c5)ccc43)c2C#N)c1. The molecule has 0 N–H and O–H groups in total. The summed E-state index contributed by atoms with van der Waals surface area (Å²) < 4.78 is 4.36. The zero-order valence-electron chi connectivity index (χ0n) is 36.2. The second-order valence-electron chi connectivity index (χ2n) is 16.6. The van der Waals surface area contributed by atoms with Gasteiger partial charge in [-0.15, -0.1) is 0 Å². The van der Waals surface area contributed by atoms with Crippen LogP contribution in [0.2, 0.25) is 0 Å². The summed E-state index contributed by atoms with van der Waals surface area (Å²) in [4.78, 5) is 15.4. The minimum Gasteiger partial charge on any atom is -0.308 e. The fourth-order valence-electron chi connectivity index (χ4n) is 9.51. The van der Waals surface area contributed by atoms with Crippen LogP contribution >= 0.6 is 0 Å². The third-order valence-corrected chi connectivity index (χ3v) is 12.6. The number of hydrogen-bond acceptors (Lipinski definition) is 6. The summed E-state index contributed by atoms with van der Waals surface area (Å²) in [6.45, 7) is 0. The number of rotatable bonds is 7. The highest BCUT2D eigenvalue weighted by molar-refractivity contribution is 6.12. The summed E-state index contributed by atoms with van der Waals surface area (Å²) in [6.07, 6.45) is 0. The molecule has 0 atom stereocenters. The number of benzene rings is 9. The van der Waals surface area contributed by atoms with E-state index in [1.807, 2.05) is 146 Å². The number of fused-ring (bicyclic) bond motifs is 6. The van der Waals surface area contributed by atoms with Crippen molar-refractivity contribution < 1.29 is 0 Å². The van der Waals surface area contributed by atoms with Crippen molar-refractivity contribution in [2.24, 2.45) is 0 Å². The number of para-hydroxylation sites is 2. The largest absolute Gasteiger partial charge is 0.308 e. The Hall–Kier alpha value is -9.94. The van der Waals surface area contributed by atoms with Gasteiger partial charge in [0.1, 0.15) is 11.6 Å². The second-order valence-corrected chi connectivity index (χ2v) is 16.6. The van der Waals surface area contributed by atoms with E-state index in [9.17, 15) is 15.8 Å². The molecule has 9 aromatic carbocycles. The first-order valence-electron chi connectivity index (χ1n) is 22.1. The molecule has 12 aromatic rings. The van der Waals surface area contributed by atoms with Crippen molar-refractivity contribution >= 4 is 43.6 Å². The van der Waals surface area contributed by atoms with Crippen LogP contribution in [0.5, 0.6) is 0 Å². The standard InChI is InChI=1S/C60H34N8/c61-35-38-13-11-19-42(29-38)44-25-27-54-49(31-44)47-21-7-9-23-52(47)67(54)56-33-46(60-65-58(40-15-3-1-4-16-40)64-59(66-60)41-17-5-2-6-18-41)34-57(51(56)37-63)68-53-24-10-8-22-48(53)50-32-45(26-28-55(50)68)43-20-12-14-39(30-43)36-62/h1-34H. The monoisotopic (exact) mass is 866 g/mol. The van der Waals surface area contributed by atoms with E-state index in [0.29, 0.717) is 51.1 Å². The molecule has 0 amide bonds. The quantitative estimate of drug-likeness (QED) is 0.157. The van der Waals surface area contributed by atoms with E-state index in [1.54, 1.807) is 0 Å². The minimum absolute atomic E-state index is 0.450. The lowest BCUT2D eigenvalue weighted by atomic mass is 10.0. The number of aromatic nitrogens is 5. The Bertz CT molecular complexity index is 3870. The van der Waals surface area contributed by atoms with Crippen molar-refractivity contribution in [1.82, 2.24) is 24.1 Å². The molecular formula is C60H34N8. The normalized spacial score (nSPS) is 11.2. The average molecular weight is 867 g/mol. The van der Waals surface area contributed by atoms with Crippen LogP contribution in [0.1, 0.15) is 16.7 Å². The van der Waals surface area contributed by atoms with Crippen molar-refractivity contribution in [2.45, 2.75) is 0 Å². The zero-order valence-corrected chi connectivity index (χ0v) is 36.2. The van der Waals surface area contributed by atoms with Gasteiger partial charge in [-0.2, -0.15) is 15.8 Å². The molecule has 8 heteroatoms. The highest BCUT2D eigenvalue weighted by Crippen LogP contribution is 2.42. The van der Waals surface area contributed by atoms with Gasteiger partial charge in [0.25, 0.3) is 0 Å². The summed E-state index contributed by atoms with van der Waals surface area (Å²) in [5.74, 6) is 1.50. The number of hydrogen-bond donors (Lipinski definition) is 0. The Morgan fingerprint density at radius 1 is 0.294 bits per heavy atom. The van der Waals surface area contributed by atoms with Gasteiger partial charge in [-0.25, -0.2) is 15.0 Å². The molecule has 3 aromatic heterocycles. The smallest absolute Gasteiger partial charge is 0.164 e. The van der Waals surface area contributed by atoms with Crippen molar-refractivity contribution in [3.8, 4) is 86.0 Å². The average Bonchev–Trinajstić information content (AvgIpc) is 3.93. The fourth-order valence-corrected chi connectivity index (χ4v) is 9.51. The van der Waals surface area contributed by atoms with Crippen LogP contribution in [0, 0.1) is 34.0 Å². The lowest BCUT2D eigenvalue weighted by molar-refractivity contribution is 1.06. The summed E-state index contributed by atoms with van der Waals surface area (Å²) >= 11 is 0. The van der Waals surface area contributed by atoms with Gasteiger partial charge < -0.3 is 9.13 Å². The van der Waals surface area contributed by atoms with E-state index in [-0.39, 0.29) is 0 Å². The van der Waals surface area contributed by atoms with Crippen LogP contribution in [0.4, 0.5) is 0 Å². The van der Waals surface area contributed by atoms with Gasteiger partial charge in [0.2, 0.25) is 0 Å². The van der Waals surface area contributed by atoms with Crippen LogP contribution in [0.3, 0.4) is 0 Å². The van der Waals surface area contributed by atoms with Crippen molar-refractivity contribution in [3.05, 3.63) is 223 Å². The minimum atomic E-state index is 0.450. The maximum absolute atomic E-state index is 11.6. The zero-order chi connectivity index (χ0) is 45.7. The molecular weight excluding hydrogens is 833 g/mol. The van der Waals surface area contributed by atoms with E-state index in [2.05, 4.69) is 88.0 Å². The summed E-state index contributed by atoms with van der Waals surface area (Å²) in [5, 5.41) is 35.1. The van der Waals surface area contributed by atoms with E-state index in [1.165, 1.54) is 0 Å². The van der Waals surface area contributed by atoms with Gasteiger partial charge in [-0.3, -0.25) is 0 Å². The first-order chi connectivity index (χ1) is 33.6. The summed E-state index contributed by atoms with van der Waals surface area (Å²) in [7, 11) is 0. The Kier molecular flexibility index (Phi) is 9.47. The van der Waals surface area contributed by atoms with E-state index in [0.717, 1.165) is 77.0 Å². The molecule has 0 saturated heterocycles. The highest BCUT2D eigenvalue weighted by Gasteiger charge is 2.24. The van der Waals surface area contributed by atoms with Crippen LogP contribution in [0.25, 0.3) is 111 Å². The molecule has 0 bridgehead atoms. The molecule has 0 aliphatic carbocycles. The van der Waals surface area contributed by atoms with Gasteiger partial charge in [-0.1, -0.05) is 133 Å². The van der Waals surface area contributed by atoms with Crippen molar-refractivity contribution in [3.63, 3.8) is 0 Å². The maximum atomic E-state index is 11.6. The Balaban J connectivity index is 1.18. The van der Waals surface area contributed by atoms with Crippen LogP contribution < -0.4 is 0 Å². The lowest BCUT2D eigenvalue weighted by Gasteiger charge is -2.18. The number of nitriles is 3. The molecule has 12 rings (SSSR count). The third-order valence-electron chi connectivity index (χ3n) is 12.6. The molecule has 314 valence electrons. The fraction of sp³-hybridized carbons (Fsp3) is 0. The van der Waals surface area contributed by atoms with Gasteiger partial charge >= 0.3 is 0 Å². The predicted octanol–water partition coefficient (Wildman–Crippen LogP) is 14.0. The molecule has 3 heterocycles. The molecule has 0 saturated carbocycles. The lowest BCUT2D eigenvalue weighted by Crippen LogP contribution is -2.07. The predicted molar refractivity (Wildman–Crippen MR) is 270 cm³/mol. The molecule has 68 heavy (non-hydrogen) atoms. The Morgan fingerprint density at radius 3 is 1.12 bits per heavy atom. The van der Waals surface area contributed by atoms with Gasteiger partial charge in [0, 0.05) is 38.2 Å². The van der Waals surface area contributed by atoms with E-state index in [4.69, 9.17) is 15.0 Å². The summed E-state index contributed by atoms with van der Waals surface area (Å²) in [6, 6.07) is 75.6. The van der Waals surface area contributed by atoms with Crippen LogP contribution in [-0.2, 0) is 0 Å². The van der Waals surface area contributed by atoms with E-state index < -0.39 is 0 Å². The highest BCUT2D eigenvalue weighted by atomic mass is 15.1. The number of nitrogens with zero attached hydrogens (tertiary/aromatic N) is 8. The Morgan fingerprint density at radius 2 is 0.676 bits per heavy atom. The molecule has 0 radical (unpaired) electrons. The maximum Gasteiger partial charge on any atom is 0.164 e. The van der Waals surface area contributed by atoms with Gasteiger partial charge in [-0.05, 0) is 95.1 Å². The molecule has 0 fully saturated rings. The van der Waals surface area contributed by atoms with Crippen LogP contribution in [-0.4, -0.2) is 24.1 Å². The molecule has 8 nitrogen and oxygen atoms in total. The van der Waals surface area contributed by atoms with Crippen molar-refractivity contribution in [2.75, 3.05) is 0 Å². The summed E-state index contributed by atoms with van der Waals surface area (Å²) in [5.41, 5.74) is 12.8. The molecule has 0 aliphatic rings. The molecule has 0 unspecified atom stereocenters. The van der Waals surface area contributed by atoms with Gasteiger partial charge in [0.05, 0.1) is 56.7 Å². The molecule has 0 aliphatic heterocycles. The van der Waals surface area contributed by atoms with Crippen molar-refractivity contribution in [1.29, 1.82) is 15.8 Å².